The zero-order valence-corrected chi connectivity index (χ0v) is 14.1. The van der Waals surface area contributed by atoms with Gasteiger partial charge in [-0.3, -0.25) is 14.3 Å². The van der Waals surface area contributed by atoms with E-state index in [1.54, 1.807) is 20.2 Å². The highest BCUT2D eigenvalue weighted by Gasteiger charge is 2.07. The minimum atomic E-state index is -0.411. The van der Waals surface area contributed by atoms with Crippen LogP contribution in [0.5, 0.6) is 5.75 Å². The smallest absolute Gasteiger partial charge is 0.328 e. The lowest BCUT2D eigenvalue weighted by Gasteiger charge is -2.10. The van der Waals surface area contributed by atoms with Gasteiger partial charge in [0, 0.05) is 36.4 Å². The van der Waals surface area contributed by atoms with Gasteiger partial charge in [-0.05, 0) is 42.3 Å². The predicted octanol–water partition coefficient (Wildman–Crippen LogP) is 1.84. The summed E-state index contributed by atoms with van der Waals surface area (Å²) in [5.74, 6) is 0.806. The van der Waals surface area contributed by atoms with E-state index in [2.05, 4.69) is 15.3 Å². The molecule has 0 fully saturated rings. The maximum Gasteiger partial charge on any atom is 0.328 e. The minimum absolute atomic E-state index is 0.350. The molecule has 130 valence electrons. The van der Waals surface area contributed by atoms with Crippen LogP contribution in [0.1, 0.15) is 16.7 Å². The minimum Gasteiger partial charge on any atom is -0.497 e. The third-order valence-corrected chi connectivity index (χ3v) is 4.03. The molecule has 7 heteroatoms. The van der Waals surface area contributed by atoms with Gasteiger partial charge in [0.25, 0.3) is 5.56 Å². The number of aryl methyl sites for hydroxylation is 1. The van der Waals surface area contributed by atoms with E-state index in [1.165, 1.54) is 4.57 Å². The molecule has 0 aliphatic heterocycles. The Hall–Kier alpha value is -3.22. The van der Waals surface area contributed by atoms with Crippen LogP contribution in [0, 0.1) is 6.92 Å². The van der Waals surface area contributed by atoms with Crippen molar-refractivity contribution in [1.29, 1.82) is 0 Å². The molecule has 3 N–H and O–H groups in total. The molecule has 25 heavy (non-hydrogen) atoms. The summed E-state index contributed by atoms with van der Waals surface area (Å²) in [5, 5.41) is 3.34. The van der Waals surface area contributed by atoms with Crippen molar-refractivity contribution in [3.63, 3.8) is 0 Å². The number of H-pyrrole nitrogens is 2. The molecule has 0 saturated carbocycles. The third kappa shape index (κ3) is 3.82. The second-order valence-corrected chi connectivity index (χ2v) is 5.79. The Morgan fingerprint density at radius 1 is 1.12 bits per heavy atom. The van der Waals surface area contributed by atoms with Crippen molar-refractivity contribution in [2.75, 3.05) is 12.4 Å². The van der Waals surface area contributed by atoms with E-state index in [0.29, 0.717) is 18.7 Å². The number of ether oxygens (including phenoxy) is 1. The Balaban J connectivity index is 1.73. The van der Waals surface area contributed by atoms with Gasteiger partial charge in [-0.15, -0.1) is 0 Å². The summed E-state index contributed by atoms with van der Waals surface area (Å²) in [6, 6.07) is 7.67. The molecule has 0 aliphatic rings. The summed E-state index contributed by atoms with van der Waals surface area (Å²) in [5.41, 5.74) is 2.75. The Morgan fingerprint density at radius 3 is 2.56 bits per heavy atom. The van der Waals surface area contributed by atoms with Crippen LogP contribution in [0.25, 0.3) is 0 Å². The molecule has 1 aromatic carbocycles. The number of nitrogens with zero attached hydrogens (tertiary/aromatic N) is 1. The first-order chi connectivity index (χ1) is 12.1. The maximum absolute atomic E-state index is 11.9. The summed E-state index contributed by atoms with van der Waals surface area (Å²) in [7, 11) is 1.63. The highest BCUT2D eigenvalue weighted by molar-refractivity contribution is 5.47. The number of anilines is 1. The molecule has 0 aliphatic carbocycles. The van der Waals surface area contributed by atoms with Crippen molar-refractivity contribution in [1.82, 2.24) is 14.5 Å². The van der Waals surface area contributed by atoms with Crippen molar-refractivity contribution < 1.29 is 4.74 Å². The molecule has 0 amide bonds. The fraction of sp³-hybridized carbons (Fsp3) is 0.222. The Labute approximate surface area is 144 Å². The lowest BCUT2D eigenvalue weighted by Crippen LogP contribution is -2.31. The summed E-state index contributed by atoms with van der Waals surface area (Å²) < 4.78 is 6.64. The Kier molecular flexibility index (Phi) is 4.74. The van der Waals surface area contributed by atoms with Crippen molar-refractivity contribution in [2.45, 2.75) is 20.0 Å². The Morgan fingerprint density at radius 2 is 1.84 bits per heavy atom. The van der Waals surface area contributed by atoms with Gasteiger partial charge in [-0.2, -0.15) is 0 Å². The van der Waals surface area contributed by atoms with Crippen molar-refractivity contribution in [3.8, 4) is 5.75 Å². The van der Waals surface area contributed by atoms with Crippen LogP contribution in [0.3, 0.4) is 0 Å². The summed E-state index contributed by atoms with van der Waals surface area (Å²) in [6.07, 6.45) is 5.34. The van der Waals surface area contributed by atoms with Crippen LogP contribution in [0.4, 0.5) is 5.69 Å². The molecule has 3 rings (SSSR count). The van der Waals surface area contributed by atoms with Crippen molar-refractivity contribution in [2.24, 2.45) is 0 Å². The van der Waals surface area contributed by atoms with Gasteiger partial charge in [0.05, 0.1) is 13.7 Å². The normalized spacial score (nSPS) is 10.6. The maximum atomic E-state index is 11.9. The van der Waals surface area contributed by atoms with Crippen molar-refractivity contribution >= 4 is 5.69 Å². The van der Waals surface area contributed by atoms with Crippen LogP contribution in [0.2, 0.25) is 0 Å². The lowest BCUT2D eigenvalue weighted by molar-refractivity contribution is 0.415. The number of rotatable bonds is 6. The summed E-state index contributed by atoms with van der Waals surface area (Å²) in [4.78, 5) is 28.8. The number of benzene rings is 1. The highest BCUT2D eigenvalue weighted by atomic mass is 16.5. The van der Waals surface area contributed by atoms with E-state index >= 15 is 0 Å². The zero-order chi connectivity index (χ0) is 17.8. The molecule has 0 spiro atoms. The molecule has 2 heterocycles. The molecular weight excluding hydrogens is 320 g/mol. The number of nitrogens with one attached hydrogen (secondary N) is 3. The van der Waals surface area contributed by atoms with Gasteiger partial charge in [0.15, 0.2) is 0 Å². The van der Waals surface area contributed by atoms with E-state index < -0.39 is 5.69 Å². The molecular formula is C18H20N4O3. The van der Waals surface area contributed by atoms with Crippen LogP contribution in [-0.2, 0) is 13.1 Å². The molecule has 3 aromatic rings. The van der Waals surface area contributed by atoms with Gasteiger partial charge in [0.2, 0.25) is 0 Å². The highest BCUT2D eigenvalue weighted by Crippen LogP contribution is 2.17. The molecule has 0 unspecified atom stereocenters. The molecule has 2 aromatic heterocycles. The van der Waals surface area contributed by atoms with Crippen LogP contribution < -0.4 is 21.3 Å². The van der Waals surface area contributed by atoms with Gasteiger partial charge in [-0.1, -0.05) is 0 Å². The fourth-order valence-corrected chi connectivity index (χ4v) is 2.57. The molecule has 0 bridgehead atoms. The van der Waals surface area contributed by atoms with Gasteiger partial charge < -0.3 is 15.0 Å². The number of hydrogen-bond donors (Lipinski definition) is 3. The number of aromatic amines is 2. The standard InChI is InChI=1S/C18H20N4O3/c1-12-10-22(18(24)21-17(12)23)11-14-8-19-7-13(14)9-20-15-3-5-16(25-2)6-4-15/h3-8,10,19-20H,9,11H2,1-2H3,(H,21,23,24). The van der Waals surface area contributed by atoms with Crippen molar-refractivity contribution in [3.05, 3.63) is 80.4 Å². The SMILES string of the molecule is COc1ccc(NCc2c[nH]cc2Cn2cc(C)c(=O)[nH]c2=O)cc1. The molecule has 7 nitrogen and oxygen atoms in total. The van der Waals surface area contributed by atoms with Gasteiger partial charge in [-0.25, -0.2) is 4.79 Å². The average molecular weight is 340 g/mol. The van der Waals surface area contributed by atoms with E-state index in [-0.39, 0.29) is 5.56 Å². The largest absolute Gasteiger partial charge is 0.497 e. The first-order valence-corrected chi connectivity index (χ1v) is 7.89. The Bertz CT molecular complexity index is 967. The topological polar surface area (TPSA) is 91.9 Å². The average Bonchev–Trinajstić information content (AvgIpc) is 3.05. The van der Waals surface area contributed by atoms with Gasteiger partial charge in [0.1, 0.15) is 5.75 Å². The molecule has 0 atom stereocenters. The third-order valence-electron chi connectivity index (χ3n) is 4.03. The second-order valence-electron chi connectivity index (χ2n) is 5.79. The monoisotopic (exact) mass is 340 g/mol. The first kappa shape index (κ1) is 16.6. The molecule has 0 radical (unpaired) electrons. The number of methoxy groups -OCH3 is 1. The van der Waals surface area contributed by atoms with E-state index in [4.69, 9.17) is 4.74 Å². The van der Waals surface area contributed by atoms with E-state index in [9.17, 15) is 9.59 Å². The quantitative estimate of drug-likeness (QED) is 0.638. The molecule has 0 saturated heterocycles. The van der Waals surface area contributed by atoms with Gasteiger partial charge >= 0.3 is 5.69 Å². The van der Waals surface area contributed by atoms with E-state index in [1.807, 2.05) is 36.7 Å². The zero-order valence-electron chi connectivity index (χ0n) is 14.1. The van der Waals surface area contributed by atoms with Crippen LogP contribution >= 0.6 is 0 Å². The first-order valence-electron chi connectivity index (χ1n) is 7.89. The van der Waals surface area contributed by atoms with E-state index in [0.717, 1.165) is 22.6 Å². The number of aromatic nitrogens is 3. The predicted molar refractivity (Wildman–Crippen MR) is 96.3 cm³/mol. The summed E-state index contributed by atoms with van der Waals surface area (Å²) >= 11 is 0. The summed E-state index contributed by atoms with van der Waals surface area (Å²) in [6.45, 7) is 2.68. The van der Waals surface area contributed by atoms with Crippen LogP contribution in [0.15, 0.2) is 52.4 Å². The number of hydrogen-bond acceptors (Lipinski definition) is 4. The fourth-order valence-electron chi connectivity index (χ4n) is 2.57. The van der Waals surface area contributed by atoms with Crippen LogP contribution in [-0.4, -0.2) is 21.6 Å². The lowest BCUT2D eigenvalue weighted by atomic mass is 10.2. The second kappa shape index (κ2) is 7.12.